The van der Waals surface area contributed by atoms with E-state index in [9.17, 15) is 4.79 Å². The Morgan fingerprint density at radius 1 is 1.14 bits per heavy atom. The molecule has 0 amide bonds. The molecule has 0 bridgehead atoms. The molecule has 0 atom stereocenters. The van der Waals surface area contributed by atoms with Crippen LogP contribution in [0.5, 0.6) is 0 Å². The van der Waals surface area contributed by atoms with Crippen molar-refractivity contribution in [3.63, 3.8) is 0 Å². The first-order valence-corrected chi connectivity index (χ1v) is 7.57. The highest BCUT2D eigenvalue weighted by Gasteiger charge is 2.06. The van der Waals surface area contributed by atoms with Gasteiger partial charge >= 0.3 is 0 Å². The minimum absolute atomic E-state index is 0.104. The van der Waals surface area contributed by atoms with Crippen LogP contribution in [0, 0.1) is 0 Å². The van der Waals surface area contributed by atoms with Crippen LogP contribution in [0.2, 0.25) is 0 Å². The maximum Gasteiger partial charge on any atom is 0.264 e. The van der Waals surface area contributed by atoms with E-state index in [1.54, 1.807) is 12.5 Å². The predicted octanol–water partition coefficient (Wildman–Crippen LogP) is 3.25. The van der Waals surface area contributed by atoms with Crippen molar-refractivity contribution in [2.24, 2.45) is 0 Å². The van der Waals surface area contributed by atoms with Crippen molar-refractivity contribution in [1.82, 2.24) is 9.97 Å². The van der Waals surface area contributed by atoms with Gasteiger partial charge in [-0.2, -0.15) is 0 Å². The summed E-state index contributed by atoms with van der Waals surface area (Å²) >= 11 is 1.49. The molecular formula is C16H14N2O2S. The highest BCUT2D eigenvalue weighted by atomic mass is 32.2. The second kappa shape index (κ2) is 6.45. The summed E-state index contributed by atoms with van der Waals surface area (Å²) in [5.74, 6) is 2.14. The van der Waals surface area contributed by atoms with Crippen molar-refractivity contribution in [1.29, 1.82) is 0 Å². The smallest absolute Gasteiger partial charge is 0.264 e. The van der Waals surface area contributed by atoms with Gasteiger partial charge in [-0.25, -0.2) is 4.98 Å². The van der Waals surface area contributed by atoms with Crippen molar-refractivity contribution < 1.29 is 4.42 Å². The minimum Gasteiger partial charge on any atom is -0.469 e. The lowest BCUT2D eigenvalue weighted by molar-refractivity contribution is 0.516. The van der Waals surface area contributed by atoms with Crippen molar-refractivity contribution in [2.45, 2.75) is 17.1 Å². The monoisotopic (exact) mass is 298 g/mol. The molecule has 0 spiro atoms. The van der Waals surface area contributed by atoms with Crippen molar-refractivity contribution in [2.75, 3.05) is 0 Å². The summed E-state index contributed by atoms with van der Waals surface area (Å²) in [7, 11) is 0. The minimum atomic E-state index is -0.104. The molecule has 0 saturated heterocycles. The Labute approximate surface area is 126 Å². The first-order valence-electron chi connectivity index (χ1n) is 6.58. The zero-order valence-corrected chi connectivity index (χ0v) is 12.1. The first-order chi connectivity index (χ1) is 10.3. The Hall–Kier alpha value is -2.27. The lowest BCUT2D eigenvalue weighted by Gasteiger charge is -2.02. The quantitative estimate of drug-likeness (QED) is 0.735. The van der Waals surface area contributed by atoms with Crippen LogP contribution in [-0.2, 0) is 12.2 Å². The summed E-state index contributed by atoms with van der Waals surface area (Å²) in [6, 6.07) is 13.7. The normalized spacial score (nSPS) is 10.7. The fourth-order valence-corrected chi connectivity index (χ4v) is 2.75. The number of hydrogen-bond acceptors (Lipinski definition) is 4. The summed E-state index contributed by atoms with van der Waals surface area (Å²) in [6.07, 6.45) is 3.73. The zero-order chi connectivity index (χ0) is 14.5. The molecule has 0 aliphatic heterocycles. The van der Waals surface area contributed by atoms with Gasteiger partial charge < -0.3 is 9.40 Å². The summed E-state index contributed by atoms with van der Waals surface area (Å²) in [4.78, 5) is 19.8. The molecule has 0 radical (unpaired) electrons. The average Bonchev–Trinajstić information content (AvgIpc) is 3.00. The molecule has 2 heterocycles. The molecule has 0 unspecified atom stereocenters. The van der Waals surface area contributed by atoms with Gasteiger partial charge in [0.15, 0.2) is 0 Å². The topological polar surface area (TPSA) is 58.9 Å². The largest absolute Gasteiger partial charge is 0.469 e. The number of benzene rings is 1. The van der Waals surface area contributed by atoms with E-state index in [0.29, 0.717) is 17.1 Å². The van der Waals surface area contributed by atoms with Crippen molar-refractivity contribution >= 4 is 11.8 Å². The number of H-pyrrole nitrogens is 1. The van der Waals surface area contributed by atoms with E-state index in [2.05, 4.69) is 9.97 Å². The van der Waals surface area contributed by atoms with Crippen molar-refractivity contribution in [3.8, 4) is 0 Å². The van der Waals surface area contributed by atoms with E-state index >= 15 is 0 Å². The summed E-state index contributed by atoms with van der Waals surface area (Å²) in [6.45, 7) is 0. The number of nitrogens with zero attached hydrogens (tertiary/aromatic N) is 1. The molecule has 4 nitrogen and oxygen atoms in total. The third-order valence-corrected chi connectivity index (χ3v) is 4.06. The zero-order valence-electron chi connectivity index (χ0n) is 11.3. The van der Waals surface area contributed by atoms with Gasteiger partial charge in [-0.15, -0.1) is 11.8 Å². The highest BCUT2D eigenvalue weighted by Crippen LogP contribution is 2.18. The standard InChI is InChI=1S/C16H14N2O2S/c19-16-14(21-11-12-5-2-1-3-6-12)10-17-15(18-16)9-13-7-4-8-20-13/h1-8,10H,9,11H2,(H,17,18,19). The number of hydrogen-bond donors (Lipinski definition) is 1. The van der Waals surface area contributed by atoms with Crippen LogP contribution in [-0.4, -0.2) is 9.97 Å². The van der Waals surface area contributed by atoms with E-state index < -0.39 is 0 Å². The molecular weight excluding hydrogens is 284 g/mol. The molecule has 1 aromatic carbocycles. The van der Waals surface area contributed by atoms with Crippen LogP contribution >= 0.6 is 11.8 Å². The van der Waals surface area contributed by atoms with Crippen molar-refractivity contribution in [3.05, 3.63) is 82.4 Å². The number of furan rings is 1. The fraction of sp³-hybridized carbons (Fsp3) is 0.125. The molecule has 0 aliphatic carbocycles. The molecule has 106 valence electrons. The fourth-order valence-electron chi connectivity index (χ4n) is 1.93. The van der Waals surface area contributed by atoms with Crippen LogP contribution < -0.4 is 5.56 Å². The number of thioether (sulfide) groups is 1. The lowest BCUT2D eigenvalue weighted by Crippen LogP contribution is -2.13. The molecule has 1 N–H and O–H groups in total. The van der Waals surface area contributed by atoms with E-state index in [4.69, 9.17) is 4.42 Å². The summed E-state index contributed by atoms with van der Waals surface area (Å²) in [5.41, 5.74) is 1.08. The molecule has 3 aromatic rings. The molecule has 3 rings (SSSR count). The van der Waals surface area contributed by atoms with E-state index in [0.717, 1.165) is 11.5 Å². The SMILES string of the molecule is O=c1[nH]c(Cc2ccco2)ncc1SCc1ccccc1. The summed E-state index contributed by atoms with van der Waals surface area (Å²) in [5, 5.41) is 0. The third kappa shape index (κ3) is 3.64. The maximum absolute atomic E-state index is 12.0. The van der Waals surface area contributed by atoms with E-state index in [-0.39, 0.29) is 5.56 Å². The number of aromatic nitrogens is 2. The van der Waals surface area contributed by atoms with Gasteiger partial charge in [-0.3, -0.25) is 4.79 Å². The lowest BCUT2D eigenvalue weighted by atomic mass is 10.2. The Morgan fingerprint density at radius 2 is 2.00 bits per heavy atom. The molecule has 0 fully saturated rings. The molecule has 21 heavy (non-hydrogen) atoms. The molecule has 0 saturated carbocycles. The van der Waals surface area contributed by atoms with Crippen LogP contribution in [0.1, 0.15) is 17.1 Å². The van der Waals surface area contributed by atoms with Gasteiger partial charge in [0, 0.05) is 11.9 Å². The number of rotatable bonds is 5. The first kappa shape index (κ1) is 13.7. The number of aromatic amines is 1. The average molecular weight is 298 g/mol. The Morgan fingerprint density at radius 3 is 2.71 bits per heavy atom. The highest BCUT2D eigenvalue weighted by molar-refractivity contribution is 7.98. The van der Waals surface area contributed by atoms with Crippen LogP contribution in [0.15, 0.2) is 69.0 Å². The van der Waals surface area contributed by atoms with Gasteiger partial charge in [-0.05, 0) is 17.7 Å². The van der Waals surface area contributed by atoms with Crippen LogP contribution in [0.25, 0.3) is 0 Å². The van der Waals surface area contributed by atoms with E-state index in [1.165, 1.54) is 17.3 Å². The van der Waals surface area contributed by atoms with Gasteiger partial charge in [-0.1, -0.05) is 30.3 Å². The van der Waals surface area contributed by atoms with Gasteiger partial charge in [0.2, 0.25) is 0 Å². The number of nitrogens with one attached hydrogen (secondary N) is 1. The van der Waals surface area contributed by atoms with Crippen LogP contribution in [0.4, 0.5) is 0 Å². The van der Waals surface area contributed by atoms with Gasteiger partial charge in [0.25, 0.3) is 5.56 Å². The molecule has 2 aromatic heterocycles. The predicted molar refractivity (Wildman–Crippen MR) is 82.4 cm³/mol. The maximum atomic E-state index is 12.0. The Balaban J connectivity index is 1.68. The Bertz CT molecular complexity index is 751. The van der Waals surface area contributed by atoms with Gasteiger partial charge in [0.05, 0.1) is 17.6 Å². The molecule has 0 aliphatic rings. The van der Waals surface area contributed by atoms with E-state index in [1.807, 2.05) is 42.5 Å². The second-order valence-electron chi connectivity index (χ2n) is 4.55. The second-order valence-corrected chi connectivity index (χ2v) is 5.57. The summed E-state index contributed by atoms with van der Waals surface area (Å²) < 4.78 is 5.25. The van der Waals surface area contributed by atoms with Crippen LogP contribution in [0.3, 0.4) is 0 Å². The molecule has 5 heteroatoms. The van der Waals surface area contributed by atoms with Gasteiger partial charge in [0.1, 0.15) is 11.6 Å². The third-order valence-electron chi connectivity index (χ3n) is 2.98. The Kier molecular flexibility index (Phi) is 4.21.